The molecule has 0 aliphatic heterocycles. The molecule has 17 heavy (non-hydrogen) atoms. The molecular weight excluding hydrogens is 216 g/mol. The van der Waals surface area contributed by atoms with E-state index in [1.165, 1.54) is 0 Å². The summed E-state index contributed by atoms with van der Waals surface area (Å²) in [5, 5.41) is 11.3. The second-order valence-corrected chi connectivity index (χ2v) is 3.72. The lowest BCUT2D eigenvalue weighted by atomic mass is 10.0. The van der Waals surface area contributed by atoms with E-state index in [1.807, 2.05) is 24.3 Å². The number of hydrogen-bond acceptors (Lipinski definition) is 3. The van der Waals surface area contributed by atoms with Gasteiger partial charge in [-0.3, -0.25) is 10.8 Å². The van der Waals surface area contributed by atoms with E-state index in [9.17, 15) is 0 Å². The van der Waals surface area contributed by atoms with Crippen LogP contribution in [0.3, 0.4) is 0 Å². The lowest BCUT2D eigenvalue weighted by molar-refractivity contribution is 0.982. The van der Waals surface area contributed by atoms with Crippen LogP contribution in [-0.4, -0.2) is 11.8 Å². The summed E-state index contributed by atoms with van der Waals surface area (Å²) >= 11 is 0. The fourth-order valence-electron chi connectivity index (χ4n) is 1.86. The molecule has 2 rings (SSSR count). The molecule has 6 heteroatoms. The zero-order valence-corrected chi connectivity index (χ0v) is 9.20. The van der Waals surface area contributed by atoms with E-state index in [0.29, 0.717) is 6.42 Å². The van der Waals surface area contributed by atoms with Gasteiger partial charge in [-0.15, -0.1) is 5.10 Å². The summed E-state index contributed by atoms with van der Waals surface area (Å²) in [5.41, 5.74) is 22.4. The summed E-state index contributed by atoms with van der Waals surface area (Å²) in [7, 11) is 0. The Morgan fingerprint density at radius 1 is 1.29 bits per heavy atom. The number of nitrogen functional groups attached to an aromatic ring is 1. The molecule has 6 nitrogen and oxygen atoms in total. The minimum Gasteiger partial charge on any atom is -0.384 e. The fourth-order valence-corrected chi connectivity index (χ4v) is 1.86. The van der Waals surface area contributed by atoms with Gasteiger partial charge in [0.15, 0.2) is 0 Å². The first-order chi connectivity index (χ1) is 8.09. The van der Waals surface area contributed by atoms with Crippen LogP contribution in [0.15, 0.2) is 29.4 Å². The third kappa shape index (κ3) is 2.05. The number of amidine groups is 1. The van der Waals surface area contributed by atoms with Gasteiger partial charge in [-0.25, -0.2) is 0 Å². The first-order valence-electron chi connectivity index (χ1n) is 5.11. The summed E-state index contributed by atoms with van der Waals surface area (Å²) in [6.45, 7) is 0. The Labute approximate surface area is 98.7 Å². The molecule has 88 valence electrons. The maximum absolute atomic E-state index is 7.51. The van der Waals surface area contributed by atoms with E-state index in [-0.39, 0.29) is 11.8 Å². The summed E-state index contributed by atoms with van der Waals surface area (Å²) in [6.07, 6.45) is 2.68. The molecule has 1 aromatic rings. The number of nitrogens with zero attached hydrogens (tertiary/aromatic N) is 1. The fraction of sp³-hybridized carbons (Fsp3) is 0.0909. The SMILES string of the molecule is N=C(N)c1cccc2c1CC=C2NN=C(N)N. The van der Waals surface area contributed by atoms with Crippen molar-refractivity contribution in [3.8, 4) is 0 Å². The minimum atomic E-state index is -0.0259. The summed E-state index contributed by atoms with van der Waals surface area (Å²) in [4.78, 5) is 0. The van der Waals surface area contributed by atoms with Gasteiger partial charge >= 0.3 is 0 Å². The van der Waals surface area contributed by atoms with Gasteiger partial charge in [-0.1, -0.05) is 24.3 Å². The number of guanidine groups is 1. The van der Waals surface area contributed by atoms with Crippen molar-refractivity contribution in [3.63, 3.8) is 0 Å². The molecule has 8 N–H and O–H groups in total. The quantitative estimate of drug-likeness (QED) is 0.276. The predicted molar refractivity (Wildman–Crippen MR) is 68.1 cm³/mol. The molecule has 0 amide bonds. The number of allylic oxidation sites excluding steroid dienone is 1. The van der Waals surface area contributed by atoms with Crippen molar-refractivity contribution in [1.29, 1.82) is 5.41 Å². The van der Waals surface area contributed by atoms with E-state index >= 15 is 0 Å². The highest BCUT2D eigenvalue weighted by molar-refractivity contribution is 5.98. The van der Waals surface area contributed by atoms with Gasteiger partial charge in [0.1, 0.15) is 5.84 Å². The molecule has 0 saturated carbocycles. The van der Waals surface area contributed by atoms with Crippen LogP contribution >= 0.6 is 0 Å². The Morgan fingerprint density at radius 2 is 2.06 bits per heavy atom. The number of nitrogens with two attached hydrogens (primary N) is 3. The van der Waals surface area contributed by atoms with Crippen molar-refractivity contribution >= 4 is 17.5 Å². The zero-order chi connectivity index (χ0) is 12.4. The third-order valence-corrected chi connectivity index (χ3v) is 2.57. The summed E-state index contributed by atoms with van der Waals surface area (Å²) < 4.78 is 0. The molecule has 0 bridgehead atoms. The summed E-state index contributed by atoms with van der Waals surface area (Å²) in [6, 6.07) is 5.63. The van der Waals surface area contributed by atoms with E-state index in [1.54, 1.807) is 0 Å². The van der Waals surface area contributed by atoms with Gasteiger partial charge in [0.05, 0.1) is 5.70 Å². The van der Waals surface area contributed by atoms with Crippen molar-refractivity contribution < 1.29 is 0 Å². The van der Waals surface area contributed by atoms with Crippen molar-refractivity contribution in [2.75, 3.05) is 0 Å². The third-order valence-electron chi connectivity index (χ3n) is 2.57. The van der Waals surface area contributed by atoms with Crippen LogP contribution < -0.4 is 22.6 Å². The van der Waals surface area contributed by atoms with Crippen LogP contribution in [0.5, 0.6) is 0 Å². The first kappa shape index (κ1) is 11.0. The Kier molecular flexibility index (Phi) is 2.70. The average Bonchev–Trinajstić information content (AvgIpc) is 2.68. The Bertz CT molecular complexity index is 525. The second kappa shape index (κ2) is 4.17. The maximum atomic E-state index is 7.51. The van der Waals surface area contributed by atoms with Crippen LogP contribution in [0.25, 0.3) is 5.70 Å². The monoisotopic (exact) mass is 230 g/mol. The zero-order valence-electron chi connectivity index (χ0n) is 9.20. The lowest BCUT2D eigenvalue weighted by Gasteiger charge is -2.08. The largest absolute Gasteiger partial charge is 0.384 e. The molecule has 1 aromatic carbocycles. The molecule has 1 aliphatic rings. The number of fused-ring (bicyclic) bond motifs is 1. The van der Waals surface area contributed by atoms with Crippen LogP contribution in [0.2, 0.25) is 0 Å². The first-order valence-corrected chi connectivity index (χ1v) is 5.11. The van der Waals surface area contributed by atoms with Gasteiger partial charge in [0, 0.05) is 11.1 Å². The van der Waals surface area contributed by atoms with Crippen molar-refractivity contribution in [1.82, 2.24) is 5.43 Å². The lowest BCUT2D eigenvalue weighted by Crippen LogP contribution is -2.25. The maximum Gasteiger partial charge on any atom is 0.208 e. The summed E-state index contributed by atoms with van der Waals surface area (Å²) in [5.74, 6) is 0.0420. The molecule has 0 radical (unpaired) electrons. The van der Waals surface area contributed by atoms with E-state index in [4.69, 9.17) is 22.6 Å². The standard InChI is InChI=1S/C11H14N6/c12-10(13)8-3-1-2-7-6(8)4-5-9(7)16-17-11(14)15/h1-3,5,16H,4H2,(H3,12,13)(H4,14,15,17). The highest BCUT2D eigenvalue weighted by atomic mass is 15.3. The smallest absolute Gasteiger partial charge is 0.208 e. The van der Waals surface area contributed by atoms with E-state index in [0.717, 1.165) is 22.4 Å². The average molecular weight is 230 g/mol. The number of benzene rings is 1. The number of nitrogens with one attached hydrogen (secondary N) is 2. The molecule has 0 fully saturated rings. The topological polar surface area (TPSA) is 126 Å². The number of hydrazone groups is 1. The second-order valence-electron chi connectivity index (χ2n) is 3.72. The van der Waals surface area contributed by atoms with Gasteiger partial charge in [-0.05, 0) is 12.0 Å². The van der Waals surface area contributed by atoms with Crippen molar-refractivity contribution in [2.24, 2.45) is 22.3 Å². The number of rotatable bonds is 3. The molecule has 1 aliphatic carbocycles. The molecule has 0 atom stereocenters. The van der Waals surface area contributed by atoms with Gasteiger partial charge in [0.2, 0.25) is 5.96 Å². The molecule has 0 spiro atoms. The van der Waals surface area contributed by atoms with Crippen molar-refractivity contribution in [2.45, 2.75) is 6.42 Å². The van der Waals surface area contributed by atoms with Gasteiger partial charge in [0.25, 0.3) is 0 Å². The molecule has 0 heterocycles. The van der Waals surface area contributed by atoms with Crippen LogP contribution in [0.1, 0.15) is 16.7 Å². The Balaban J connectivity index is 2.34. The van der Waals surface area contributed by atoms with E-state index < -0.39 is 0 Å². The van der Waals surface area contributed by atoms with Gasteiger partial charge < -0.3 is 17.2 Å². The van der Waals surface area contributed by atoms with Crippen molar-refractivity contribution in [3.05, 3.63) is 41.0 Å². The van der Waals surface area contributed by atoms with E-state index in [2.05, 4.69) is 10.5 Å². The molecular formula is C11H14N6. The van der Waals surface area contributed by atoms with Crippen LogP contribution in [0.4, 0.5) is 0 Å². The molecule has 0 saturated heterocycles. The normalized spacial score (nSPS) is 12.6. The Morgan fingerprint density at radius 3 is 2.71 bits per heavy atom. The molecule has 0 aromatic heterocycles. The highest BCUT2D eigenvalue weighted by Gasteiger charge is 2.17. The van der Waals surface area contributed by atoms with Crippen LogP contribution in [-0.2, 0) is 6.42 Å². The van der Waals surface area contributed by atoms with Crippen LogP contribution in [0, 0.1) is 5.41 Å². The highest BCUT2D eigenvalue weighted by Crippen LogP contribution is 2.28. The van der Waals surface area contributed by atoms with Gasteiger partial charge in [-0.2, -0.15) is 0 Å². The number of hydrogen-bond donors (Lipinski definition) is 5. The predicted octanol–water partition coefficient (Wildman–Crippen LogP) is -0.354. The Hall–Kier alpha value is -2.50. The minimum absolute atomic E-state index is 0.0259. The molecule has 0 unspecified atom stereocenters.